The Morgan fingerprint density at radius 3 is 2.78 bits per heavy atom. The van der Waals surface area contributed by atoms with E-state index in [4.69, 9.17) is 5.73 Å². The maximum Gasteiger partial charge on any atom is 0.0522 e. The molecule has 2 heteroatoms. The van der Waals surface area contributed by atoms with Gasteiger partial charge < -0.3 is 5.73 Å². The van der Waals surface area contributed by atoms with Crippen molar-refractivity contribution in [3.05, 3.63) is 0 Å². The summed E-state index contributed by atoms with van der Waals surface area (Å²) in [7, 11) is 0. The molecule has 1 rings (SSSR count). The van der Waals surface area contributed by atoms with Crippen LogP contribution in [0.4, 0.5) is 0 Å². The highest BCUT2D eigenvalue weighted by Gasteiger charge is 2.16. The standard InChI is InChI=1S/C7H14N2/c1-5(8)3-7-4-6(2)9-7/h5-6H,3-4,8H2,1-2H3. The van der Waals surface area contributed by atoms with Crippen LogP contribution in [0.2, 0.25) is 0 Å². The van der Waals surface area contributed by atoms with E-state index in [-0.39, 0.29) is 6.04 Å². The Balaban J connectivity index is 2.24. The van der Waals surface area contributed by atoms with Crippen LogP contribution < -0.4 is 5.73 Å². The van der Waals surface area contributed by atoms with E-state index in [0.29, 0.717) is 6.04 Å². The van der Waals surface area contributed by atoms with Crippen LogP contribution in [0.5, 0.6) is 0 Å². The molecule has 52 valence electrons. The number of nitrogens with two attached hydrogens (primary N) is 1. The number of nitrogens with zero attached hydrogens (tertiary/aromatic N) is 1. The molecule has 0 saturated heterocycles. The maximum atomic E-state index is 5.57. The van der Waals surface area contributed by atoms with Gasteiger partial charge in [-0.15, -0.1) is 0 Å². The highest BCUT2D eigenvalue weighted by molar-refractivity contribution is 5.89. The van der Waals surface area contributed by atoms with Crippen molar-refractivity contribution >= 4 is 5.71 Å². The minimum atomic E-state index is 0.288. The first-order chi connectivity index (χ1) is 4.18. The van der Waals surface area contributed by atoms with Crippen LogP contribution >= 0.6 is 0 Å². The van der Waals surface area contributed by atoms with E-state index in [9.17, 15) is 0 Å². The van der Waals surface area contributed by atoms with Crippen LogP contribution in [0.1, 0.15) is 26.7 Å². The molecule has 0 amide bonds. The van der Waals surface area contributed by atoms with Gasteiger partial charge in [0.25, 0.3) is 0 Å². The van der Waals surface area contributed by atoms with Crippen molar-refractivity contribution < 1.29 is 0 Å². The number of aliphatic imine (C=N–C) groups is 1. The molecule has 0 aliphatic carbocycles. The van der Waals surface area contributed by atoms with Crippen LogP contribution in [0.25, 0.3) is 0 Å². The van der Waals surface area contributed by atoms with Gasteiger partial charge in [0.15, 0.2) is 0 Å². The first kappa shape index (κ1) is 6.75. The fourth-order valence-corrected chi connectivity index (χ4v) is 1.15. The van der Waals surface area contributed by atoms with E-state index in [1.807, 2.05) is 6.92 Å². The summed E-state index contributed by atoms with van der Waals surface area (Å²) >= 11 is 0. The van der Waals surface area contributed by atoms with Crippen LogP contribution in [0.3, 0.4) is 0 Å². The molecule has 2 atom stereocenters. The fraction of sp³-hybridized carbons (Fsp3) is 0.857. The third-order valence-corrected chi connectivity index (χ3v) is 1.49. The van der Waals surface area contributed by atoms with Crippen LogP contribution in [0, 0.1) is 0 Å². The van der Waals surface area contributed by atoms with Crippen molar-refractivity contribution in [2.24, 2.45) is 10.7 Å². The molecule has 2 nitrogen and oxygen atoms in total. The lowest BCUT2D eigenvalue weighted by atomic mass is 10.00. The lowest BCUT2D eigenvalue weighted by Crippen LogP contribution is -2.27. The average molecular weight is 126 g/mol. The van der Waals surface area contributed by atoms with E-state index in [1.54, 1.807) is 0 Å². The van der Waals surface area contributed by atoms with E-state index in [2.05, 4.69) is 11.9 Å². The minimum absolute atomic E-state index is 0.288. The predicted molar refractivity (Wildman–Crippen MR) is 39.8 cm³/mol. The van der Waals surface area contributed by atoms with Gasteiger partial charge in [-0.3, -0.25) is 4.99 Å². The molecule has 2 unspecified atom stereocenters. The molecule has 0 aromatic rings. The number of hydrogen-bond acceptors (Lipinski definition) is 2. The summed E-state index contributed by atoms with van der Waals surface area (Å²) in [5.41, 5.74) is 6.87. The van der Waals surface area contributed by atoms with Crippen LogP contribution in [-0.2, 0) is 0 Å². The first-order valence-corrected chi connectivity index (χ1v) is 3.49. The highest BCUT2D eigenvalue weighted by Crippen LogP contribution is 2.14. The molecule has 0 saturated carbocycles. The molecule has 9 heavy (non-hydrogen) atoms. The van der Waals surface area contributed by atoms with Gasteiger partial charge in [-0.25, -0.2) is 0 Å². The summed E-state index contributed by atoms with van der Waals surface area (Å²) in [5.74, 6) is 0. The third-order valence-electron chi connectivity index (χ3n) is 1.49. The van der Waals surface area contributed by atoms with Gasteiger partial charge in [-0.1, -0.05) is 0 Å². The molecule has 1 heterocycles. The molecule has 0 fully saturated rings. The molecule has 0 aromatic heterocycles. The summed E-state index contributed by atoms with van der Waals surface area (Å²) in [5, 5.41) is 0. The van der Waals surface area contributed by atoms with Gasteiger partial charge >= 0.3 is 0 Å². The molecule has 1 aliphatic rings. The summed E-state index contributed by atoms with van der Waals surface area (Å²) in [6.07, 6.45) is 2.16. The van der Waals surface area contributed by atoms with E-state index in [1.165, 1.54) is 12.1 Å². The van der Waals surface area contributed by atoms with Gasteiger partial charge in [0.2, 0.25) is 0 Å². The maximum absolute atomic E-state index is 5.57. The summed E-state index contributed by atoms with van der Waals surface area (Å²) in [6, 6.07) is 0.856. The zero-order chi connectivity index (χ0) is 6.85. The highest BCUT2D eigenvalue weighted by atomic mass is 14.9. The lowest BCUT2D eigenvalue weighted by molar-refractivity contribution is 0.664. The van der Waals surface area contributed by atoms with Crippen molar-refractivity contribution in [3.8, 4) is 0 Å². The second-order valence-corrected chi connectivity index (χ2v) is 2.93. The molecule has 0 bridgehead atoms. The van der Waals surface area contributed by atoms with Crippen molar-refractivity contribution in [3.63, 3.8) is 0 Å². The van der Waals surface area contributed by atoms with E-state index < -0.39 is 0 Å². The van der Waals surface area contributed by atoms with Crippen LogP contribution in [-0.4, -0.2) is 17.8 Å². The van der Waals surface area contributed by atoms with Gasteiger partial charge in [-0.2, -0.15) is 0 Å². The van der Waals surface area contributed by atoms with Gasteiger partial charge in [0.05, 0.1) is 6.04 Å². The second kappa shape index (κ2) is 2.48. The Labute approximate surface area is 56.2 Å². The van der Waals surface area contributed by atoms with Gasteiger partial charge in [0.1, 0.15) is 0 Å². The van der Waals surface area contributed by atoms with Gasteiger partial charge in [0, 0.05) is 24.6 Å². The van der Waals surface area contributed by atoms with Crippen molar-refractivity contribution in [1.82, 2.24) is 0 Å². The normalized spacial score (nSPS) is 28.8. The predicted octanol–water partition coefficient (Wildman–Crippen LogP) is 0.957. The molecular formula is C7H14N2. The summed E-state index contributed by atoms with van der Waals surface area (Å²) in [4.78, 5) is 4.30. The summed E-state index contributed by atoms with van der Waals surface area (Å²) in [6.45, 7) is 4.15. The molecule has 1 aliphatic heterocycles. The molecule has 0 aromatic carbocycles. The molecule has 0 spiro atoms. The third kappa shape index (κ3) is 1.79. The summed E-state index contributed by atoms with van der Waals surface area (Å²) < 4.78 is 0. The average Bonchev–Trinajstić information content (AvgIpc) is 1.60. The van der Waals surface area contributed by atoms with E-state index >= 15 is 0 Å². The van der Waals surface area contributed by atoms with Gasteiger partial charge in [-0.05, 0) is 13.8 Å². The van der Waals surface area contributed by atoms with Crippen molar-refractivity contribution in [2.75, 3.05) is 0 Å². The van der Waals surface area contributed by atoms with Crippen molar-refractivity contribution in [2.45, 2.75) is 38.8 Å². The van der Waals surface area contributed by atoms with Crippen molar-refractivity contribution in [1.29, 1.82) is 0 Å². The molecule has 0 radical (unpaired) electrons. The van der Waals surface area contributed by atoms with Crippen LogP contribution in [0.15, 0.2) is 4.99 Å². The lowest BCUT2D eigenvalue weighted by Gasteiger charge is -2.21. The Kier molecular flexibility index (Phi) is 1.86. The zero-order valence-electron chi connectivity index (χ0n) is 6.09. The Morgan fingerprint density at radius 2 is 2.44 bits per heavy atom. The zero-order valence-corrected chi connectivity index (χ0v) is 6.09. The smallest absolute Gasteiger partial charge is 0.0522 e. The van der Waals surface area contributed by atoms with E-state index in [0.717, 1.165) is 6.42 Å². The Morgan fingerprint density at radius 1 is 1.89 bits per heavy atom. The SMILES string of the molecule is CC(N)CC1=NC(C)C1. The molecule has 2 N–H and O–H groups in total. The topological polar surface area (TPSA) is 38.4 Å². The molecular weight excluding hydrogens is 112 g/mol. The first-order valence-electron chi connectivity index (χ1n) is 3.49. The number of hydrogen-bond donors (Lipinski definition) is 1. The monoisotopic (exact) mass is 126 g/mol. The Bertz CT molecular complexity index is 127. The Hall–Kier alpha value is -0.370. The fourth-order valence-electron chi connectivity index (χ4n) is 1.15. The number of rotatable bonds is 2. The quantitative estimate of drug-likeness (QED) is 0.588. The second-order valence-electron chi connectivity index (χ2n) is 2.93. The minimum Gasteiger partial charge on any atom is -0.328 e. The largest absolute Gasteiger partial charge is 0.328 e.